The molecule has 2 heterocycles. The summed E-state index contributed by atoms with van der Waals surface area (Å²) in [5.74, 6) is -2.52. The molecule has 0 radical (unpaired) electrons. The fourth-order valence-electron chi connectivity index (χ4n) is 3.21. The average Bonchev–Trinajstić information content (AvgIpc) is 3.66. The number of benzene rings is 2. The van der Waals surface area contributed by atoms with E-state index in [0.717, 1.165) is 25.2 Å². The van der Waals surface area contributed by atoms with Gasteiger partial charge in [0.2, 0.25) is 0 Å². The Labute approximate surface area is 222 Å². The van der Waals surface area contributed by atoms with Crippen LogP contribution in [0.25, 0.3) is 0 Å². The van der Waals surface area contributed by atoms with Crippen LogP contribution in [-0.2, 0) is 0 Å². The van der Waals surface area contributed by atoms with E-state index in [-0.39, 0.29) is 27.3 Å². The number of amidine groups is 1. The van der Waals surface area contributed by atoms with Gasteiger partial charge in [0.1, 0.15) is 11.7 Å². The predicted octanol–water partition coefficient (Wildman–Crippen LogP) is 6.09. The molecule has 37 heavy (non-hydrogen) atoms. The van der Waals surface area contributed by atoms with Crippen LogP contribution in [0.1, 0.15) is 26.3 Å². The lowest BCUT2D eigenvalue weighted by molar-refractivity contribution is -0.274. The summed E-state index contributed by atoms with van der Waals surface area (Å²) in [4.78, 5) is 31.7. The van der Waals surface area contributed by atoms with Crippen LogP contribution in [-0.4, -0.2) is 47.0 Å². The molecule has 14 heteroatoms. The molecule has 192 valence electrons. The van der Waals surface area contributed by atoms with Gasteiger partial charge >= 0.3 is 6.36 Å². The van der Waals surface area contributed by atoms with Gasteiger partial charge < -0.3 is 20.3 Å². The van der Waals surface area contributed by atoms with E-state index >= 15 is 0 Å². The first-order valence-corrected chi connectivity index (χ1v) is 11.5. The maximum atomic E-state index is 13.1. The molecule has 3 N–H and O–H groups in total. The molecule has 0 saturated carbocycles. The van der Waals surface area contributed by atoms with Crippen molar-refractivity contribution in [1.82, 2.24) is 9.88 Å². The van der Waals surface area contributed by atoms with Crippen LogP contribution in [0.5, 0.6) is 5.75 Å². The van der Waals surface area contributed by atoms with E-state index in [4.69, 9.17) is 40.2 Å². The second-order valence-electron chi connectivity index (χ2n) is 7.67. The Morgan fingerprint density at radius 3 is 2.24 bits per heavy atom. The summed E-state index contributed by atoms with van der Waals surface area (Å²) < 4.78 is 43.5. The van der Waals surface area contributed by atoms with E-state index in [1.54, 1.807) is 4.90 Å². The molecule has 1 aliphatic rings. The maximum Gasteiger partial charge on any atom is 0.573 e. The molecular formula is C23H15Cl3F3N5O3. The van der Waals surface area contributed by atoms with Gasteiger partial charge in [-0.2, -0.15) is 0 Å². The lowest BCUT2D eigenvalue weighted by Crippen LogP contribution is -2.23. The summed E-state index contributed by atoms with van der Waals surface area (Å²) in [6.45, 7) is 1.46. The number of ether oxygens (including phenoxy) is 1. The Kier molecular flexibility index (Phi) is 7.49. The van der Waals surface area contributed by atoms with Crippen molar-refractivity contribution < 1.29 is 27.5 Å². The third-order valence-electron chi connectivity index (χ3n) is 5.00. The molecule has 2 amide bonds. The van der Waals surface area contributed by atoms with E-state index < -0.39 is 35.2 Å². The smallest absolute Gasteiger partial charge is 0.403 e. The summed E-state index contributed by atoms with van der Waals surface area (Å²) in [5.41, 5.74) is -0.687. The number of anilines is 2. The highest BCUT2D eigenvalue weighted by Crippen LogP contribution is 2.37. The summed E-state index contributed by atoms with van der Waals surface area (Å²) in [5, 5.41) is 12.7. The van der Waals surface area contributed by atoms with Crippen molar-refractivity contribution in [2.75, 3.05) is 23.7 Å². The van der Waals surface area contributed by atoms with E-state index in [2.05, 4.69) is 20.4 Å². The number of alkyl halides is 3. The highest BCUT2D eigenvalue weighted by Gasteiger charge is 2.34. The molecule has 1 aliphatic heterocycles. The summed E-state index contributed by atoms with van der Waals surface area (Å²) in [6.07, 6.45) is -3.91. The minimum Gasteiger partial charge on any atom is -0.403 e. The Balaban J connectivity index is 1.69. The van der Waals surface area contributed by atoms with E-state index in [0.29, 0.717) is 10.6 Å². The second-order valence-corrected chi connectivity index (χ2v) is 8.95. The first kappa shape index (κ1) is 26.5. The number of nitrogens with zero attached hydrogens (tertiary/aromatic N) is 2. The zero-order valence-electron chi connectivity index (χ0n) is 18.4. The normalized spacial score (nSPS) is 12.6. The largest absolute Gasteiger partial charge is 0.573 e. The topological polar surface area (TPSA) is 107 Å². The molecule has 4 rings (SSSR count). The second kappa shape index (κ2) is 10.4. The van der Waals surface area contributed by atoms with Crippen LogP contribution >= 0.6 is 34.8 Å². The molecule has 3 aromatic rings. The maximum absolute atomic E-state index is 13.1. The molecule has 0 bridgehead atoms. The van der Waals surface area contributed by atoms with Gasteiger partial charge in [0, 0.05) is 35.9 Å². The Morgan fingerprint density at radius 1 is 0.946 bits per heavy atom. The summed E-state index contributed by atoms with van der Waals surface area (Å²) >= 11 is 18.0. The molecule has 1 aromatic heterocycles. The van der Waals surface area contributed by atoms with Gasteiger partial charge in [0.25, 0.3) is 11.8 Å². The third-order valence-corrected chi connectivity index (χ3v) is 5.75. The predicted molar refractivity (Wildman–Crippen MR) is 133 cm³/mol. The number of carbonyl (C=O) groups is 2. The minimum atomic E-state index is -5.16. The number of pyridine rings is 1. The lowest BCUT2D eigenvalue weighted by atomic mass is 10.1. The van der Waals surface area contributed by atoms with Crippen LogP contribution in [0.15, 0.2) is 48.7 Å². The van der Waals surface area contributed by atoms with Crippen LogP contribution in [0.4, 0.5) is 24.7 Å². The Morgan fingerprint density at radius 2 is 1.65 bits per heavy atom. The zero-order valence-corrected chi connectivity index (χ0v) is 20.7. The Bertz CT molecular complexity index is 1400. The quantitative estimate of drug-likeness (QED) is 0.188. The van der Waals surface area contributed by atoms with Gasteiger partial charge in [-0.1, -0.05) is 40.9 Å². The van der Waals surface area contributed by atoms with Gasteiger partial charge in [0.05, 0.1) is 26.9 Å². The first-order valence-electron chi connectivity index (χ1n) is 10.4. The van der Waals surface area contributed by atoms with Crippen molar-refractivity contribution in [2.24, 2.45) is 0 Å². The summed E-state index contributed by atoms with van der Waals surface area (Å²) in [6, 6.07) is 8.87. The number of carbonyl (C=O) groups excluding carboxylic acids is 2. The molecule has 0 aliphatic carbocycles. The van der Waals surface area contributed by atoms with E-state index in [1.165, 1.54) is 36.5 Å². The molecular weight excluding hydrogens is 558 g/mol. The highest BCUT2D eigenvalue weighted by molar-refractivity contribution is 6.35. The fraction of sp³-hybridized carbons (Fsp3) is 0.130. The van der Waals surface area contributed by atoms with Gasteiger partial charge in [0.15, 0.2) is 5.75 Å². The zero-order chi connectivity index (χ0) is 26.9. The molecule has 0 unspecified atom stereocenters. The van der Waals surface area contributed by atoms with E-state index in [9.17, 15) is 22.8 Å². The minimum absolute atomic E-state index is 0.0393. The highest BCUT2D eigenvalue weighted by atomic mass is 35.5. The Hall–Kier alpha value is -3.54. The monoisotopic (exact) mass is 571 g/mol. The molecule has 2 aromatic carbocycles. The number of aromatic nitrogens is 1. The van der Waals surface area contributed by atoms with Crippen molar-refractivity contribution in [3.8, 4) is 5.75 Å². The van der Waals surface area contributed by atoms with Crippen molar-refractivity contribution in [1.29, 1.82) is 5.41 Å². The number of nitrogens with one attached hydrogen (secondary N) is 3. The van der Waals surface area contributed by atoms with Crippen LogP contribution in [0.2, 0.25) is 15.1 Å². The van der Waals surface area contributed by atoms with E-state index in [1.807, 2.05) is 0 Å². The van der Waals surface area contributed by atoms with Crippen LogP contribution in [0, 0.1) is 5.41 Å². The number of rotatable bonds is 6. The first-order chi connectivity index (χ1) is 17.4. The molecule has 8 nitrogen and oxygen atoms in total. The van der Waals surface area contributed by atoms with Crippen molar-refractivity contribution in [3.05, 3.63) is 80.4 Å². The van der Waals surface area contributed by atoms with Gasteiger partial charge in [-0.3, -0.25) is 15.0 Å². The van der Waals surface area contributed by atoms with Gasteiger partial charge in [-0.15, -0.1) is 13.2 Å². The number of halogens is 6. The molecule has 1 fully saturated rings. The van der Waals surface area contributed by atoms with Crippen LogP contribution < -0.4 is 15.4 Å². The summed E-state index contributed by atoms with van der Waals surface area (Å²) in [7, 11) is 0. The molecule has 1 saturated heterocycles. The van der Waals surface area contributed by atoms with Gasteiger partial charge in [-0.25, -0.2) is 4.98 Å². The number of hydrogen-bond donors (Lipinski definition) is 3. The average molecular weight is 573 g/mol. The fourth-order valence-corrected chi connectivity index (χ4v) is 3.80. The molecule has 0 spiro atoms. The van der Waals surface area contributed by atoms with Gasteiger partial charge in [-0.05, 0) is 30.3 Å². The number of amides is 2. The lowest BCUT2D eigenvalue weighted by Gasteiger charge is -2.18. The van der Waals surface area contributed by atoms with Crippen molar-refractivity contribution in [3.63, 3.8) is 0 Å². The number of hydrogen-bond acceptors (Lipinski definition) is 5. The SMILES string of the molecule is N=C(c1ccc(C(=O)Nc2c(OC(F)(F)F)cc(Cl)cc2C(=O)Nc2ccc(Cl)cn2)c(Cl)c1)N1CC1. The standard InChI is InChI=1S/C23H15Cl3F3N5O3/c24-12-2-4-18(31-10-12)32-22(36)15-8-13(25)9-17(37-23(27,28)29)19(15)33-21(35)14-3-1-11(7-16(14)26)20(30)34-5-6-34/h1-4,7-10,30H,5-6H2,(H,33,35)(H,31,32,36). The van der Waals surface area contributed by atoms with Crippen molar-refractivity contribution in [2.45, 2.75) is 6.36 Å². The van der Waals surface area contributed by atoms with Crippen LogP contribution in [0.3, 0.4) is 0 Å². The van der Waals surface area contributed by atoms with Crippen molar-refractivity contribution >= 4 is 64.0 Å². The molecule has 0 atom stereocenters. The third kappa shape index (κ3) is 6.62.